The van der Waals surface area contributed by atoms with E-state index in [0.717, 1.165) is 27.8 Å². The molecule has 0 fully saturated rings. The van der Waals surface area contributed by atoms with Gasteiger partial charge in [-0.2, -0.15) is 0 Å². The molecule has 2 nitrogen and oxygen atoms in total. The fraction of sp³-hybridized carbons (Fsp3) is 0. The molecule has 0 saturated heterocycles. The van der Waals surface area contributed by atoms with Crippen LogP contribution in [0.4, 0.5) is 17.1 Å². The molecule has 0 radical (unpaired) electrons. The summed E-state index contributed by atoms with van der Waals surface area (Å²) in [6, 6.07) is 27.0. The molecular formula is C20H16N2. The maximum absolute atomic E-state index is 6.07. The molecule has 0 aliphatic heterocycles. The Labute approximate surface area is 129 Å². The molecule has 0 amide bonds. The Kier molecular flexibility index (Phi) is 2.94. The molecule has 4 rings (SSSR count). The first-order valence-corrected chi connectivity index (χ1v) is 7.34. The molecule has 4 aromatic carbocycles. The summed E-state index contributed by atoms with van der Waals surface area (Å²) in [5.74, 6) is 0. The standard InChI is InChI=1S/C20H16N2/c21-19-9-3-8-18-17(19)7-4-10-20(18)22-16-12-11-14-5-1-2-6-15(14)13-16/h1-13,22H,21H2. The highest BCUT2D eigenvalue weighted by atomic mass is 14.9. The Morgan fingerprint density at radius 3 is 2.32 bits per heavy atom. The Balaban J connectivity index is 1.80. The number of benzene rings is 4. The lowest BCUT2D eigenvalue weighted by Gasteiger charge is -2.11. The van der Waals surface area contributed by atoms with Crippen LogP contribution in [0, 0.1) is 0 Å². The minimum atomic E-state index is 0.805. The average Bonchev–Trinajstić information content (AvgIpc) is 2.56. The van der Waals surface area contributed by atoms with E-state index in [1.54, 1.807) is 0 Å². The molecule has 0 atom stereocenters. The van der Waals surface area contributed by atoms with Crippen LogP contribution in [0.2, 0.25) is 0 Å². The molecule has 0 saturated carbocycles. The second-order valence-corrected chi connectivity index (χ2v) is 5.43. The molecule has 0 aliphatic rings. The third kappa shape index (κ3) is 2.15. The molecular weight excluding hydrogens is 268 g/mol. The normalized spacial score (nSPS) is 10.9. The average molecular weight is 284 g/mol. The van der Waals surface area contributed by atoms with Crippen LogP contribution >= 0.6 is 0 Å². The van der Waals surface area contributed by atoms with Gasteiger partial charge in [0.15, 0.2) is 0 Å². The monoisotopic (exact) mass is 284 g/mol. The third-order valence-electron chi connectivity index (χ3n) is 3.98. The number of nitrogens with two attached hydrogens (primary N) is 1. The van der Waals surface area contributed by atoms with E-state index in [1.165, 1.54) is 10.8 Å². The van der Waals surface area contributed by atoms with Crippen molar-refractivity contribution < 1.29 is 0 Å². The van der Waals surface area contributed by atoms with Gasteiger partial charge >= 0.3 is 0 Å². The summed E-state index contributed by atoms with van der Waals surface area (Å²) in [6.07, 6.45) is 0. The van der Waals surface area contributed by atoms with Crippen LogP contribution in [0.5, 0.6) is 0 Å². The van der Waals surface area contributed by atoms with Crippen molar-refractivity contribution in [3.63, 3.8) is 0 Å². The SMILES string of the molecule is Nc1cccc2c(Nc3ccc4ccccc4c3)cccc12. The molecule has 2 heteroatoms. The number of nitrogen functional groups attached to an aromatic ring is 1. The Bertz CT molecular complexity index is 973. The molecule has 0 spiro atoms. The molecule has 0 heterocycles. The van der Waals surface area contributed by atoms with E-state index < -0.39 is 0 Å². The van der Waals surface area contributed by atoms with Gasteiger partial charge in [-0.3, -0.25) is 0 Å². The predicted molar refractivity (Wildman–Crippen MR) is 95.6 cm³/mol. The number of anilines is 3. The number of hydrogen-bond donors (Lipinski definition) is 2. The Morgan fingerprint density at radius 2 is 1.41 bits per heavy atom. The van der Waals surface area contributed by atoms with Gasteiger partial charge in [0.2, 0.25) is 0 Å². The highest BCUT2D eigenvalue weighted by Crippen LogP contribution is 2.30. The van der Waals surface area contributed by atoms with Crippen LogP contribution in [0.1, 0.15) is 0 Å². The van der Waals surface area contributed by atoms with E-state index in [9.17, 15) is 0 Å². The smallest absolute Gasteiger partial charge is 0.0464 e. The molecule has 3 N–H and O–H groups in total. The van der Waals surface area contributed by atoms with Crippen LogP contribution in [0.15, 0.2) is 78.9 Å². The summed E-state index contributed by atoms with van der Waals surface area (Å²) >= 11 is 0. The van der Waals surface area contributed by atoms with Crippen LogP contribution < -0.4 is 11.1 Å². The van der Waals surface area contributed by atoms with E-state index >= 15 is 0 Å². The second kappa shape index (κ2) is 5.08. The van der Waals surface area contributed by atoms with Crippen molar-refractivity contribution in [3.8, 4) is 0 Å². The summed E-state index contributed by atoms with van der Waals surface area (Å²) in [5.41, 5.74) is 9.02. The first-order valence-electron chi connectivity index (χ1n) is 7.34. The third-order valence-corrected chi connectivity index (χ3v) is 3.98. The summed E-state index contributed by atoms with van der Waals surface area (Å²) in [6.45, 7) is 0. The van der Waals surface area contributed by atoms with E-state index in [-0.39, 0.29) is 0 Å². The lowest BCUT2D eigenvalue weighted by atomic mass is 10.1. The van der Waals surface area contributed by atoms with Gasteiger partial charge in [-0.25, -0.2) is 0 Å². The van der Waals surface area contributed by atoms with E-state index in [4.69, 9.17) is 5.73 Å². The molecule has 106 valence electrons. The lowest BCUT2D eigenvalue weighted by Crippen LogP contribution is -1.93. The maximum Gasteiger partial charge on any atom is 0.0464 e. The van der Waals surface area contributed by atoms with Crippen molar-refractivity contribution >= 4 is 38.6 Å². The van der Waals surface area contributed by atoms with Crippen molar-refractivity contribution in [3.05, 3.63) is 78.9 Å². The van der Waals surface area contributed by atoms with Crippen LogP contribution in [0.3, 0.4) is 0 Å². The molecule has 0 bridgehead atoms. The van der Waals surface area contributed by atoms with Crippen LogP contribution in [-0.4, -0.2) is 0 Å². The summed E-state index contributed by atoms with van der Waals surface area (Å²) in [7, 11) is 0. The van der Waals surface area contributed by atoms with E-state index in [0.29, 0.717) is 0 Å². The van der Waals surface area contributed by atoms with Gasteiger partial charge in [0.25, 0.3) is 0 Å². The number of hydrogen-bond acceptors (Lipinski definition) is 2. The van der Waals surface area contributed by atoms with Crippen LogP contribution in [0.25, 0.3) is 21.5 Å². The van der Waals surface area contributed by atoms with Gasteiger partial charge in [0.05, 0.1) is 0 Å². The highest BCUT2D eigenvalue weighted by molar-refractivity contribution is 6.02. The zero-order valence-corrected chi connectivity index (χ0v) is 12.1. The number of rotatable bonds is 2. The zero-order chi connectivity index (χ0) is 14.9. The Morgan fingerprint density at radius 1 is 0.636 bits per heavy atom. The minimum Gasteiger partial charge on any atom is -0.398 e. The fourth-order valence-electron chi connectivity index (χ4n) is 2.87. The van der Waals surface area contributed by atoms with Gasteiger partial charge < -0.3 is 11.1 Å². The van der Waals surface area contributed by atoms with Crippen molar-refractivity contribution in [1.29, 1.82) is 0 Å². The summed E-state index contributed by atoms with van der Waals surface area (Å²) in [4.78, 5) is 0. The quantitative estimate of drug-likeness (QED) is 0.489. The second-order valence-electron chi connectivity index (χ2n) is 5.43. The van der Waals surface area contributed by atoms with Crippen molar-refractivity contribution in [2.24, 2.45) is 0 Å². The van der Waals surface area contributed by atoms with Crippen LogP contribution in [-0.2, 0) is 0 Å². The highest BCUT2D eigenvalue weighted by Gasteiger charge is 2.04. The van der Waals surface area contributed by atoms with Gasteiger partial charge in [-0.15, -0.1) is 0 Å². The van der Waals surface area contributed by atoms with Crippen molar-refractivity contribution in [2.75, 3.05) is 11.1 Å². The molecule has 22 heavy (non-hydrogen) atoms. The number of nitrogens with one attached hydrogen (secondary N) is 1. The number of fused-ring (bicyclic) bond motifs is 2. The van der Waals surface area contributed by atoms with Gasteiger partial charge in [-0.1, -0.05) is 54.6 Å². The van der Waals surface area contributed by atoms with Crippen molar-refractivity contribution in [2.45, 2.75) is 0 Å². The largest absolute Gasteiger partial charge is 0.398 e. The van der Waals surface area contributed by atoms with Crippen molar-refractivity contribution in [1.82, 2.24) is 0 Å². The van der Waals surface area contributed by atoms with Gasteiger partial charge in [-0.05, 0) is 35.0 Å². The Hall–Kier alpha value is -3.00. The molecule has 0 unspecified atom stereocenters. The molecule has 4 aromatic rings. The summed E-state index contributed by atoms with van der Waals surface area (Å²) in [5, 5.41) is 8.20. The zero-order valence-electron chi connectivity index (χ0n) is 12.1. The molecule has 0 aliphatic carbocycles. The maximum atomic E-state index is 6.07. The van der Waals surface area contributed by atoms with Gasteiger partial charge in [0, 0.05) is 27.8 Å². The predicted octanol–water partition coefficient (Wildman–Crippen LogP) is 5.32. The molecule has 0 aromatic heterocycles. The topological polar surface area (TPSA) is 38.0 Å². The summed E-state index contributed by atoms with van der Waals surface area (Å²) < 4.78 is 0. The van der Waals surface area contributed by atoms with Gasteiger partial charge in [0.1, 0.15) is 0 Å². The van der Waals surface area contributed by atoms with E-state index in [1.807, 2.05) is 18.2 Å². The fourth-order valence-corrected chi connectivity index (χ4v) is 2.87. The minimum absolute atomic E-state index is 0.805. The first kappa shape index (κ1) is 12.7. The van der Waals surface area contributed by atoms with E-state index in [2.05, 4.69) is 66.0 Å². The lowest BCUT2D eigenvalue weighted by molar-refractivity contribution is 1.60. The first-order chi connectivity index (χ1) is 10.8.